The zero-order valence-corrected chi connectivity index (χ0v) is 18.9. The van der Waals surface area contributed by atoms with Gasteiger partial charge in [-0.1, -0.05) is 12.1 Å². The Labute approximate surface area is 193 Å². The fraction of sp³-hybridized carbons (Fsp3) is 0.480. The predicted octanol–water partition coefficient (Wildman–Crippen LogP) is 5.85. The second kappa shape index (κ2) is 11.3. The van der Waals surface area contributed by atoms with E-state index < -0.39 is 12.3 Å². The summed E-state index contributed by atoms with van der Waals surface area (Å²) in [6.45, 7) is 5.34. The summed E-state index contributed by atoms with van der Waals surface area (Å²) in [4.78, 5) is 6.47. The Balaban J connectivity index is 0.000000165. The number of alkyl halides is 2. The molecule has 0 aliphatic carbocycles. The molecule has 2 aliphatic heterocycles. The average Bonchev–Trinajstić information content (AvgIpc) is 3.37. The number of ether oxygens (including phenoxy) is 1. The van der Waals surface area contributed by atoms with Gasteiger partial charge in [-0.3, -0.25) is 4.98 Å². The number of nitrogens with zero attached hydrogens (tertiary/aromatic N) is 4. The fourth-order valence-corrected chi connectivity index (χ4v) is 4.60. The summed E-state index contributed by atoms with van der Waals surface area (Å²) in [7, 11) is 0. The van der Waals surface area contributed by atoms with Gasteiger partial charge in [0, 0.05) is 43.9 Å². The smallest absolute Gasteiger partial charge is 0.314 e. The van der Waals surface area contributed by atoms with Crippen LogP contribution in [-0.2, 0) is 4.74 Å². The lowest BCUT2D eigenvalue weighted by Crippen LogP contribution is -2.46. The molecular weight excluding hydrogens is 426 g/mol. The Hall–Kier alpha value is -2.87. The molecule has 2 fully saturated rings. The molecule has 4 heterocycles. The topological polar surface area (TPSA) is 64.3 Å². The summed E-state index contributed by atoms with van der Waals surface area (Å²) >= 11 is 0. The lowest BCUT2D eigenvalue weighted by Gasteiger charge is -2.43. The number of anilines is 1. The van der Waals surface area contributed by atoms with Crippen LogP contribution in [0.2, 0.25) is 0 Å². The molecule has 0 bridgehead atoms. The Morgan fingerprint density at radius 3 is 2.58 bits per heavy atom. The van der Waals surface area contributed by atoms with E-state index in [1.54, 1.807) is 18.3 Å². The molecule has 2 saturated heterocycles. The lowest BCUT2D eigenvalue weighted by atomic mass is 9.85. The second-order valence-corrected chi connectivity index (χ2v) is 8.53. The standard InChI is InChI=1S/C17H25NO.C8H5F2N3O/c1-14-5-4-6-16(13-14)18-10-3-2-7-17(18)15-8-11-19-12-9-15;9-6(10)8-13-12-7(14-8)5-2-1-3-11-4-5/h4-6,13,15,17H,2-3,7-12H2,1H3;1-4,6H. The molecule has 0 amide bonds. The van der Waals surface area contributed by atoms with Gasteiger partial charge in [-0.2, -0.15) is 8.78 Å². The van der Waals surface area contributed by atoms with Crippen LogP contribution in [0.15, 0.2) is 53.2 Å². The minimum absolute atomic E-state index is 0.0494. The number of halogens is 2. The van der Waals surface area contributed by atoms with Crippen molar-refractivity contribution in [1.29, 1.82) is 0 Å². The molecular formula is C25H30F2N4O2. The van der Waals surface area contributed by atoms with Gasteiger partial charge in [-0.15, -0.1) is 10.2 Å². The molecule has 1 atom stereocenters. The van der Waals surface area contributed by atoms with Crippen LogP contribution in [0, 0.1) is 12.8 Å². The van der Waals surface area contributed by atoms with Gasteiger partial charge in [0.25, 0.3) is 5.89 Å². The molecule has 3 aromatic rings. The van der Waals surface area contributed by atoms with Gasteiger partial charge in [0.2, 0.25) is 5.89 Å². The molecule has 0 radical (unpaired) electrons. The van der Waals surface area contributed by atoms with Crippen LogP contribution in [0.4, 0.5) is 14.5 Å². The first-order chi connectivity index (χ1) is 16.1. The molecule has 8 heteroatoms. The van der Waals surface area contributed by atoms with E-state index in [0.29, 0.717) is 5.56 Å². The number of hydrogen-bond donors (Lipinski definition) is 0. The fourth-order valence-electron chi connectivity index (χ4n) is 4.60. The first kappa shape index (κ1) is 23.3. The molecule has 2 aliphatic rings. The quantitative estimate of drug-likeness (QED) is 0.491. The molecule has 176 valence electrons. The molecule has 2 aromatic heterocycles. The molecule has 6 nitrogen and oxygen atoms in total. The van der Waals surface area contributed by atoms with Crippen LogP contribution in [0.1, 0.15) is 50.0 Å². The van der Waals surface area contributed by atoms with Crippen LogP contribution < -0.4 is 4.90 Å². The predicted molar refractivity (Wildman–Crippen MR) is 122 cm³/mol. The highest BCUT2D eigenvalue weighted by Crippen LogP contribution is 2.33. The molecule has 1 unspecified atom stereocenters. The summed E-state index contributed by atoms with van der Waals surface area (Å²) in [6.07, 6.45) is 6.86. The molecule has 33 heavy (non-hydrogen) atoms. The van der Waals surface area contributed by atoms with Crippen LogP contribution in [0.25, 0.3) is 11.5 Å². The van der Waals surface area contributed by atoms with Crippen molar-refractivity contribution >= 4 is 5.69 Å². The molecule has 5 rings (SSSR count). The van der Waals surface area contributed by atoms with Crippen LogP contribution >= 0.6 is 0 Å². The molecule has 0 N–H and O–H groups in total. The normalized spacial score (nSPS) is 19.3. The van der Waals surface area contributed by atoms with E-state index in [0.717, 1.165) is 25.2 Å². The number of piperidine rings is 1. The van der Waals surface area contributed by atoms with E-state index in [-0.39, 0.29) is 5.89 Å². The van der Waals surface area contributed by atoms with Crippen molar-refractivity contribution in [3.8, 4) is 11.5 Å². The SMILES string of the molecule is Cc1cccc(N2CCCCC2C2CCOCC2)c1.FC(F)c1nnc(-c2cccnc2)o1. The van der Waals surface area contributed by atoms with E-state index in [4.69, 9.17) is 9.15 Å². The van der Waals surface area contributed by atoms with E-state index in [9.17, 15) is 8.78 Å². The van der Waals surface area contributed by atoms with Crippen molar-refractivity contribution < 1.29 is 17.9 Å². The summed E-state index contributed by atoms with van der Waals surface area (Å²) in [5, 5.41) is 6.67. The maximum Gasteiger partial charge on any atom is 0.314 e. The summed E-state index contributed by atoms with van der Waals surface area (Å²) in [6, 6.07) is 13.1. The Bertz CT molecular complexity index is 993. The summed E-state index contributed by atoms with van der Waals surface area (Å²) in [5.74, 6) is 0.201. The number of benzene rings is 1. The third-order valence-electron chi connectivity index (χ3n) is 6.23. The number of aromatic nitrogens is 3. The minimum Gasteiger partial charge on any atom is -0.415 e. The van der Waals surface area contributed by atoms with Crippen LogP contribution in [0.5, 0.6) is 0 Å². The summed E-state index contributed by atoms with van der Waals surface area (Å²) in [5.41, 5.74) is 3.32. The Morgan fingerprint density at radius 1 is 1.03 bits per heavy atom. The van der Waals surface area contributed by atoms with Crippen molar-refractivity contribution in [2.24, 2.45) is 5.92 Å². The first-order valence-electron chi connectivity index (χ1n) is 11.5. The number of aryl methyl sites for hydroxylation is 1. The van der Waals surface area contributed by atoms with Crippen LogP contribution in [-0.4, -0.2) is 41.0 Å². The lowest BCUT2D eigenvalue weighted by molar-refractivity contribution is 0.0545. The first-order valence-corrected chi connectivity index (χ1v) is 11.5. The summed E-state index contributed by atoms with van der Waals surface area (Å²) < 4.78 is 34.4. The van der Waals surface area contributed by atoms with Gasteiger partial charge in [0.05, 0.1) is 5.56 Å². The highest BCUT2D eigenvalue weighted by molar-refractivity contribution is 5.50. The highest BCUT2D eigenvalue weighted by Gasteiger charge is 2.31. The van der Waals surface area contributed by atoms with Gasteiger partial charge in [0.15, 0.2) is 0 Å². The Morgan fingerprint density at radius 2 is 1.88 bits per heavy atom. The van der Waals surface area contributed by atoms with Crippen molar-refractivity contribution in [2.75, 3.05) is 24.7 Å². The zero-order valence-electron chi connectivity index (χ0n) is 18.9. The third-order valence-corrected chi connectivity index (χ3v) is 6.23. The monoisotopic (exact) mass is 456 g/mol. The van der Waals surface area contributed by atoms with E-state index in [1.807, 2.05) is 0 Å². The second-order valence-electron chi connectivity index (χ2n) is 8.53. The largest absolute Gasteiger partial charge is 0.415 e. The van der Waals surface area contributed by atoms with Crippen molar-refractivity contribution in [1.82, 2.24) is 15.2 Å². The van der Waals surface area contributed by atoms with Gasteiger partial charge in [-0.25, -0.2) is 0 Å². The number of rotatable bonds is 4. The van der Waals surface area contributed by atoms with Gasteiger partial charge < -0.3 is 14.1 Å². The molecule has 0 saturated carbocycles. The minimum atomic E-state index is -2.74. The van der Waals surface area contributed by atoms with Crippen molar-refractivity contribution in [2.45, 2.75) is 51.5 Å². The highest BCUT2D eigenvalue weighted by atomic mass is 19.3. The number of hydrogen-bond acceptors (Lipinski definition) is 6. The zero-order chi connectivity index (χ0) is 23.0. The maximum atomic E-state index is 12.1. The van der Waals surface area contributed by atoms with Crippen molar-refractivity contribution in [3.63, 3.8) is 0 Å². The van der Waals surface area contributed by atoms with Gasteiger partial charge in [0.1, 0.15) is 0 Å². The van der Waals surface area contributed by atoms with Crippen molar-refractivity contribution in [3.05, 3.63) is 60.2 Å². The third kappa shape index (κ3) is 6.13. The molecule has 0 spiro atoms. The number of pyridine rings is 1. The van der Waals surface area contributed by atoms with E-state index in [2.05, 4.69) is 51.3 Å². The molecule has 1 aromatic carbocycles. The maximum absolute atomic E-state index is 12.1. The average molecular weight is 457 g/mol. The van der Waals surface area contributed by atoms with Crippen LogP contribution in [0.3, 0.4) is 0 Å². The van der Waals surface area contributed by atoms with E-state index in [1.165, 1.54) is 56.1 Å². The van der Waals surface area contributed by atoms with E-state index >= 15 is 0 Å². The van der Waals surface area contributed by atoms with Gasteiger partial charge in [-0.05, 0) is 74.8 Å². The van der Waals surface area contributed by atoms with Gasteiger partial charge >= 0.3 is 6.43 Å². The Kier molecular flexibility index (Phi) is 7.99.